The molecule has 1 unspecified atom stereocenters. The van der Waals surface area contributed by atoms with Crippen LogP contribution in [-0.2, 0) is 15.1 Å². The van der Waals surface area contributed by atoms with Crippen LogP contribution in [0.25, 0.3) is 0 Å². The van der Waals surface area contributed by atoms with E-state index in [0.29, 0.717) is 0 Å². The number of carbonyl (C=O) groups is 1. The van der Waals surface area contributed by atoms with E-state index in [1.807, 2.05) is 58.0 Å². The first-order chi connectivity index (χ1) is 7.73. The molecule has 1 aliphatic rings. The summed E-state index contributed by atoms with van der Waals surface area (Å²) in [6.45, 7) is 7.42. The van der Waals surface area contributed by atoms with Crippen molar-refractivity contribution in [3.8, 4) is 0 Å². The zero-order chi connectivity index (χ0) is 12.9. The first kappa shape index (κ1) is 12.1. The van der Waals surface area contributed by atoms with Crippen LogP contribution in [0.5, 0.6) is 0 Å². The van der Waals surface area contributed by atoms with Gasteiger partial charge in [-0.05, 0) is 33.3 Å². The lowest BCUT2D eigenvalue weighted by atomic mass is 9.63. The standard InChI is InChI=1S/C14H19NO2/c1-12(2)11(16)17-13(3,4)14(12,15)10-8-6-5-7-9-10/h5-9H,15H2,1-4H3. The Morgan fingerprint density at radius 1 is 1.06 bits per heavy atom. The zero-order valence-corrected chi connectivity index (χ0v) is 10.8. The van der Waals surface area contributed by atoms with Gasteiger partial charge in [0.05, 0.1) is 11.0 Å². The van der Waals surface area contributed by atoms with E-state index in [2.05, 4.69) is 0 Å². The zero-order valence-electron chi connectivity index (χ0n) is 10.8. The first-order valence-corrected chi connectivity index (χ1v) is 5.81. The van der Waals surface area contributed by atoms with Gasteiger partial charge in [-0.1, -0.05) is 30.3 Å². The topological polar surface area (TPSA) is 52.3 Å². The van der Waals surface area contributed by atoms with Crippen LogP contribution in [0, 0.1) is 5.41 Å². The summed E-state index contributed by atoms with van der Waals surface area (Å²) >= 11 is 0. The molecule has 0 saturated carbocycles. The van der Waals surface area contributed by atoms with Gasteiger partial charge in [-0.3, -0.25) is 4.79 Å². The van der Waals surface area contributed by atoms with Gasteiger partial charge in [0, 0.05) is 0 Å². The minimum absolute atomic E-state index is 0.242. The second-order valence-corrected chi connectivity index (χ2v) is 5.70. The Morgan fingerprint density at radius 2 is 1.59 bits per heavy atom. The van der Waals surface area contributed by atoms with Gasteiger partial charge in [-0.25, -0.2) is 0 Å². The van der Waals surface area contributed by atoms with E-state index >= 15 is 0 Å². The van der Waals surface area contributed by atoms with Crippen molar-refractivity contribution in [2.75, 3.05) is 0 Å². The molecule has 17 heavy (non-hydrogen) atoms. The van der Waals surface area contributed by atoms with Crippen LogP contribution < -0.4 is 5.73 Å². The van der Waals surface area contributed by atoms with Gasteiger partial charge in [-0.2, -0.15) is 0 Å². The van der Waals surface area contributed by atoms with Crippen molar-refractivity contribution in [2.45, 2.75) is 38.8 Å². The Morgan fingerprint density at radius 3 is 2.00 bits per heavy atom. The van der Waals surface area contributed by atoms with Crippen molar-refractivity contribution in [3.63, 3.8) is 0 Å². The van der Waals surface area contributed by atoms with Gasteiger partial charge >= 0.3 is 5.97 Å². The highest BCUT2D eigenvalue weighted by atomic mass is 16.6. The molecule has 3 heteroatoms. The number of rotatable bonds is 1. The Bertz CT molecular complexity index is 451. The summed E-state index contributed by atoms with van der Waals surface area (Å²) < 4.78 is 5.47. The van der Waals surface area contributed by atoms with E-state index in [-0.39, 0.29) is 5.97 Å². The summed E-state index contributed by atoms with van der Waals surface area (Å²) in [6, 6.07) is 9.69. The number of ether oxygens (including phenoxy) is 1. The van der Waals surface area contributed by atoms with Crippen molar-refractivity contribution in [3.05, 3.63) is 35.9 Å². The lowest BCUT2D eigenvalue weighted by molar-refractivity contribution is -0.151. The van der Waals surface area contributed by atoms with E-state index in [0.717, 1.165) is 5.56 Å². The number of esters is 1. The van der Waals surface area contributed by atoms with E-state index in [4.69, 9.17) is 10.5 Å². The molecule has 1 aromatic rings. The van der Waals surface area contributed by atoms with Crippen LogP contribution in [0.1, 0.15) is 33.3 Å². The maximum absolute atomic E-state index is 12.0. The van der Waals surface area contributed by atoms with Crippen molar-refractivity contribution in [1.82, 2.24) is 0 Å². The number of benzene rings is 1. The van der Waals surface area contributed by atoms with Crippen LogP contribution in [0.15, 0.2) is 30.3 Å². The second kappa shape index (κ2) is 3.33. The summed E-state index contributed by atoms with van der Waals surface area (Å²) in [5.41, 5.74) is 5.24. The normalized spacial score (nSPS) is 30.1. The molecule has 1 heterocycles. The summed E-state index contributed by atoms with van der Waals surface area (Å²) in [5.74, 6) is -0.242. The molecule has 0 amide bonds. The average Bonchev–Trinajstić information content (AvgIpc) is 2.38. The van der Waals surface area contributed by atoms with Crippen LogP contribution in [-0.4, -0.2) is 11.6 Å². The van der Waals surface area contributed by atoms with E-state index < -0.39 is 16.6 Å². The Hall–Kier alpha value is -1.35. The summed E-state index contributed by atoms with van der Waals surface area (Å²) in [4.78, 5) is 12.0. The Balaban J connectivity index is 2.66. The smallest absolute Gasteiger partial charge is 0.314 e. The van der Waals surface area contributed by atoms with Gasteiger partial charge in [0.25, 0.3) is 0 Å². The van der Waals surface area contributed by atoms with Crippen LogP contribution in [0.3, 0.4) is 0 Å². The third-order valence-electron chi connectivity index (χ3n) is 4.02. The summed E-state index contributed by atoms with van der Waals surface area (Å²) in [7, 11) is 0. The fourth-order valence-electron chi connectivity index (χ4n) is 2.76. The predicted molar refractivity (Wildman–Crippen MR) is 66.3 cm³/mol. The molecular weight excluding hydrogens is 214 g/mol. The maximum atomic E-state index is 12.0. The van der Waals surface area contributed by atoms with Crippen LogP contribution in [0.2, 0.25) is 0 Å². The van der Waals surface area contributed by atoms with Crippen molar-refractivity contribution < 1.29 is 9.53 Å². The van der Waals surface area contributed by atoms with E-state index in [1.54, 1.807) is 0 Å². The molecule has 0 aromatic heterocycles. The fraction of sp³-hybridized carbons (Fsp3) is 0.500. The van der Waals surface area contributed by atoms with Crippen molar-refractivity contribution in [2.24, 2.45) is 11.1 Å². The third-order valence-corrected chi connectivity index (χ3v) is 4.02. The van der Waals surface area contributed by atoms with Gasteiger partial charge in [0.1, 0.15) is 5.60 Å². The largest absolute Gasteiger partial charge is 0.457 e. The molecule has 0 spiro atoms. The first-order valence-electron chi connectivity index (χ1n) is 5.81. The average molecular weight is 233 g/mol. The number of cyclic esters (lactones) is 1. The number of nitrogens with two attached hydrogens (primary N) is 1. The highest BCUT2D eigenvalue weighted by Crippen LogP contribution is 2.53. The van der Waals surface area contributed by atoms with Gasteiger partial charge in [0.15, 0.2) is 0 Å². The van der Waals surface area contributed by atoms with Crippen molar-refractivity contribution in [1.29, 1.82) is 0 Å². The molecule has 1 aliphatic heterocycles. The minimum Gasteiger partial charge on any atom is -0.457 e. The number of hydrogen-bond acceptors (Lipinski definition) is 3. The molecule has 0 bridgehead atoms. The molecule has 2 N–H and O–H groups in total. The van der Waals surface area contributed by atoms with E-state index in [1.165, 1.54) is 0 Å². The van der Waals surface area contributed by atoms with Gasteiger partial charge in [-0.15, -0.1) is 0 Å². The molecular formula is C14H19NO2. The third kappa shape index (κ3) is 1.35. The molecule has 1 saturated heterocycles. The summed E-state index contributed by atoms with van der Waals surface area (Å²) in [5, 5.41) is 0. The molecule has 92 valence electrons. The lowest BCUT2D eigenvalue weighted by Gasteiger charge is -2.42. The molecule has 0 aliphatic carbocycles. The predicted octanol–water partition coefficient (Wildman–Crippen LogP) is 2.20. The lowest BCUT2D eigenvalue weighted by Crippen LogP contribution is -2.58. The maximum Gasteiger partial charge on any atom is 0.314 e. The molecule has 1 aromatic carbocycles. The highest BCUT2D eigenvalue weighted by molar-refractivity contribution is 5.82. The van der Waals surface area contributed by atoms with E-state index in [9.17, 15) is 4.79 Å². The van der Waals surface area contributed by atoms with Crippen LogP contribution >= 0.6 is 0 Å². The molecule has 1 fully saturated rings. The van der Waals surface area contributed by atoms with Crippen LogP contribution in [0.4, 0.5) is 0 Å². The molecule has 2 rings (SSSR count). The van der Waals surface area contributed by atoms with Gasteiger partial charge in [0.2, 0.25) is 0 Å². The fourth-order valence-corrected chi connectivity index (χ4v) is 2.76. The Labute approximate surface area is 102 Å². The quantitative estimate of drug-likeness (QED) is 0.756. The monoisotopic (exact) mass is 233 g/mol. The minimum atomic E-state index is -0.821. The number of carbonyl (C=O) groups excluding carboxylic acids is 1. The number of hydrogen-bond donors (Lipinski definition) is 1. The summed E-state index contributed by atoms with van der Waals surface area (Å²) in [6.07, 6.45) is 0. The molecule has 1 atom stereocenters. The van der Waals surface area contributed by atoms with Crippen molar-refractivity contribution >= 4 is 5.97 Å². The van der Waals surface area contributed by atoms with Gasteiger partial charge < -0.3 is 10.5 Å². The highest BCUT2D eigenvalue weighted by Gasteiger charge is 2.65. The SMILES string of the molecule is CC1(C)OC(=O)C(C)(C)C1(N)c1ccccc1. The Kier molecular flexibility index (Phi) is 2.37. The second-order valence-electron chi connectivity index (χ2n) is 5.70. The molecule has 3 nitrogen and oxygen atoms in total. The molecule has 0 radical (unpaired) electrons.